The van der Waals surface area contributed by atoms with Crippen molar-refractivity contribution in [2.75, 3.05) is 7.11 Å². The Balaban J connectivity index is 2.52. The molecule has 0 radical (unpaired) electrons. The van der Waals surface area contributed by atoms with Crippen LogP contribution in [0.3, 0.4) is 0 Å². The van der Waals surface area contributed by atoms with Gasteiger partial charge in [0.2, 0.25) is 0 Å². The Kier molecular flexibility index (Phi) is 2.17. The van der Waals surface area contributed by atoms with Gasteiger partial charge >= 0.3 is 0 Å². The molecule has 54 valence electrons. The summed E-state index contributed by atoms with van der Waals surface area (Å²) in [7, 11) is 1.79. The highest BCUT2D eigenvalue weighted by atomic mass is 79.9. The Morgan fingerprint density at radius 3 is 2.56 bits per heavy atom. The van der Waals surface area contributed by atoms with Crippen LogP contribution in [0.5, 0.6) is 0 Å². The van der Waals surface area contributed by atoms with Crippen molar-refractivity contribution in [1.82, 2.24) is 0 Å². The van der Waals surface area contributed by atoms with Gasteiger partial charge in [0.25, 0.3) is 0 Å². The Morgan fingerprint density at radius 2 is 2.33 bits per heavy atom. The lowest BCUT2D eigenvalue weighted by molar-refractivity contribution is 0.0916. The largest absolute Gasteiger partial charge is 0.380 e. The Morgan fingerprint density at radius 1 is 1.67 bits per heavy atom. The van der Waals surface area contributed by atoms with Crippen molar-refractivity contribution < 1.29 is 4.74 Å². The van der Waals surface area contributed by atoms with E-state index in [9.17, 15) is 0 Å². The summed E-state index contributed by atoms with van der Waals surface area (Å²) in [6, 6.07) is 0. The summed E-state index contributed by atoms with van der Waals surface area (Å²) < 4.78 is 5.53. The first-order valence-corrected chi connectivity index (χ1v) is 4.18. The van der Waals surface area contributed by atoms with E-state index in [4.69, 9.17) is 4.74 Å². The molecule has 2 atom stereocenters. The number of halogens is 1. The summed E-state index contributed by atoms with van der Waals surface area (Å²) in [6.07, 6.45) is 4.17. The summed E-state index contributed by atoms with van der Waals surface area (Å²) in [4.78, 5) is 0. The standard InChI is InChI=1S/C7H13BrO/c1-7(8)5-3-4-6(7)9-2/h6H,3-5H2,1-2H3/t6-,7-/m0/s1. The molecule has 1 nitrogen and oxygen atoms in total. The van der Waals surface area contributed by atoms with E-state index in [0.717, 1.165) is 0 Å². The smallest absolute Gasteiger partial charge is 0.0721 e. The lowest BCUT2D eigenvalue weighted by atomic mass is 10.1. The van der Waals surface area contributed by atoms with Crippen molar-refractivity contribution in [2.45, 2.75) is 36.6 Å². The molecule has 0 spiro atoms. The zero-order valence-electron chi connectivity index (χ0n) is 5.98. The SMILES string of the molecule is CO[C@H]1CCC[C@]1(C)Br. The minimum Gasteiger partial charge on any atom is -0.380 e. The van der Waals surface area contributed by atoms with Gasteiger partial charge in [-0.15, -0.1) is 0 Å². The van der Waals surface area contributed by atoms with Crippen molar-refractivity contribution >= 4 is 15.9 Å². The third-order valence-corrected chi connectivity index (χ3v) is 2.99. The molecular formula is C7H13BrO. The molecule has 1 aliphatic rings. The number of methoxy groups -OCH3 is 1. The lowest BCUT2D eigenvalue weighted by Gasteiger charge is -2.22. The highest BCUT2D eigenvalue weighted by Crippen LogP contribution is 2.38. The summed E-state index contributed by atoms with van der Waals surface area (Å²) in [5, 5.41) is 0. The molecule has 2 heteroatoms. The molecule has 0 N–H and O–H groups in total. The maximum Gasteiger partial charge on any atom is 0.0721 e. The van der Waals surface area contributed by atoms with E-state index in [1.54, 1.807) is 7.11 Å². The fourth-order valence-electron chi connectivity index (χ4n) is 1.46. The van der Waals surface area contributed by atoms with Crippen LogP contribution in [0.15, 0.2) is 0 Å². The van der Waals surface area contributed by atoms with E-state index in [0.29, 0.717) is 6.10 Å². The lowest BCUT2D eigenvalue weighted by Crippen LogP contribution is -2.28. The van der Waals surface area contributed by atoms with E-state index in [-0.39, 0.29) is 4.32 Å². The molecule has 1 fully saturated rings. The van der Waals surface area contributed by atoms with E-state index >= 15 is 0 Å². The number of alkyl halides is 1. The van der Waals surface area contributed by atoms with Crippen molar-refractivity contribution in [3.63, 3.8) is 0 Å². The second kappa shape index (κ2) is 2.59. The number of rotatable bonds is 1. The predicted octanol–water partition coefficient (Wildman–Crippen LogP) is 2.34. The summed E-state index contributed by atoms with van der Waals surface area (Å²) >= 11 is 3.64. The van der Waals surface area contributed by atoms with Gasteiger partial charge in [0, 0.05) is 11.4 Å². The Labute approximate surface area is 64.9 Å². The van der Waals surface area contributed by atoms with E-state index < -0.39 is 0 Å². The normalized spacial score (nSPS) is 43.7. The van der Waals surface area contributed by atoms with E-state index in [1.165, 1.54) is 19.3 Å². The highest BCUT2D eigenvalue weighted by molar-refractivity contribution is 9.10. The Hall–Kier alpha value is 0.440. The van der Waals surface area contributed by atoms with Crippen LogP contribution < -0.4 is 0 Å². The molecule has 1 aliphatic carbocycles. The minimum atomic E-state index is 0.252. The molecule has 0 heterocycles. The van der Waals surface area contributed by atoms with Crippen LogP contribution in [0.2, 0.25) is 0 Å². The molecule has 0 amide bonds. The molecule has 0 aromatic heterocycles. The molecule has 0 aliphatic heterocycles. The van der Waals surface area contributed by atoms with E-state index in [1.807, 2.05) is 0 Å². The molecule has 0 unspecified atom stereocenters. The zero-order chi connectivity index (χ0) is 6.91. The van der Waals surface area contributed by atoms with E-state index in [2.05, 4.69) is 22.9 Å². The molecule has 9 heavy (non-hydrogen) atoms. The molecule has 0 bridgehead atoms. The third-order valence-electron chi connectivity index (χ3n) is 2.09. The van der Waals surface area contributed by atoms with Crippen LogP contribution >= 0.6 is 15.9 Å². The fourth-order valence-corrected chi connectivity index (χ4v) is 2.15. The predicted molar refractivity (Wildman–Crippen MR) is 42.0 cm³/mol. The first-order valence-electron chi connectivity index (χ1n) is 3.38. The minimum absolute atomic E-state index is 0.252. The van der Waals surface area contributed by atoms with Crippen molar-refractivity contribution in [1.29, 1.82) is 0 Å². The first-order chi connectivity index (χ1) is 4.17. The molecular weight excluding hydrogens is 180 g/mol. The van der Waals surface area contributed by atoms with Crippen LogP contribution in [-0.4, -0.2) is 17.5 Å². The quantitative estimate of drug-likeness (QED) is 0.580. The molecule has 0 aromatic carbocycles. The van der Waals surface area contributed by atoms with Gasteiger partial charge in [0.05, 0.1) is 6.10 Å². The second-order valence-corrected chi connectivity index (χ2v) is 4.71. The number of hydrogen-bond acceptors (Lipinski definition) is 1. The average molecular weight is 193 g/mol. The van der Waals surface area contributed by atoms with Crippen molar-refractivity contribution in [2.24, 2.45) is 0 Å². The van der Waals surface area contributed by atoms with Gasteiger partial charge < -0.3 is 4.74 Å². The van der Waals surface area contributed by atoms with Gasteiger partial charge in [0.1, 0.15) is 0 Å². The van der Waals surface area contributed by atoms with Gasteiger partial charge in [0.15, 0.2) is 0 Å². The van der Waals surface area contributed by atoms with Crippen LogP contribution in [0, 0.1) is 0 Å². The average Bonchev–Trinajstić information content (AvgIpc) is 2.08. The van der Waals surface area contributed by atoms with Crippen LogP contribution in [-0.2, 0) is 4.74 Å². The molecule has 1 rings (SSSR count). The van der Waals surface area contributed by atoms with Gasteiger partial charge in [-0.2, -0.15) is 0 Å². The topological polar surface area (TPSA) is 9.23 Å². The Bertz CT molecular complexity index is 101. The zero-order valence-corrected chi connectivity index (χ0v) is 7.57. The van der Waals surface area contributed by atoms with Gasteiger partial charge in [-0.3, -0.25) is 0 Å². The van der Waals surface area contributed by atoms with Crippen LogP contribution in [0.1, 0.15) is 26.2 Å². The summed E-state index contributed by atoms with van der Waals surface area (Å²) in [6.45, 7) is 2.20. The van der Waals surface area contributed by atoms with Gasteiger partial charge in [-0.05, 0) is 26.2 Å². The van der Waals surface area contributed by atoms with Crippen molar-refractivity contribution in [3.05, 3.63) is 0 Å². The first kappa shape index (κ1) is 7.55. The fraction of sp³-hybridized carbons (Fsp3) is 1.00. The van der Waals surface area contributed by atoms with Gasteiger partial charge in [-0.1, -0.05) is 15.9 Å². The van der Waals surface area contributed by atoms with Crippen molar-refractivity contribution in [3.8, 4) is 0 Å². The second-order valence-electron chi connectivity index (χ2n) is 2.89. The number of hydrogen-bond donors (Lipinski definition) is 0. The molecule has 0 saturated heterocycles. The maximum atomic E-state index is 5.28. The van der Waals surface area contributed by atoms with Gasteiger partial charge in [-0.25, -0.2) is 0 Å². The van der Waals surface area contributed by atoms with Crippen LogP contribution in [0.25, 0.3) is 0 Å². The summed E-state index contributed by atoms with van der Waals surface area (Å²) in [5.41, 5.74) is 0. The monoisotopic (exact) mass is 192 g/mol. The van der Waals surface area contributed by atoms with Crippen LogP contribution in [0.4, 0.5) is 0 Å². The maximum absolute atomic E-state index is 5.28. The third kappa shape index (κ3) is 1.47. The number of ether oxygens (including phenoxy) is 1. The molecule has 0 aromatic rings. The summed E-state index contributed by atoms with van der Waals surface area (Å²) in [5.74, 6) is 0. The molecule has 1 saturated carbocycles. The highest BCUT2D eigenvalue weighted by Gasteiger charge is 2.36.